The molecule has 0 radical (unpaired) electrons. The van der Waals surface area contributed by atoms with E-state index in [1.165, 1.54) is 6.20 Å². The van der Waals surface area contributed by atoms with Crippen molar-refractivity contribution >= 4 is 11.7 Å². The van der Waals surface area contributed by atoms with Crippen molar-refractivity contribution in [2.24, 2.45) is 11.7 Å². The fourth-order valence-electron chi connectivity index (χ4n) is 2.88. The Hall–Kier alpha value is -2.61. The van der Waals surface area contributed by atoms with Crippen LogP contribution in [-0.4, -0.2) is 40.4 Å². The lowest BCUT2D eigenvalue weighted by Gasteiger charge is -2.25. The first-order chi connectivity index (χ1) is 12.2. The van der Waals surface area contributed by atoms with E-state index in [9.17, 15) is 4.79 Å². The molecule has 2 aromatic rings. The van der Waals surface area contributed by atoms with Crippen molar-refractivity contribution < 1.29 is 9.53 Å². The van der Waals surface area contributed by atoms with Gasteiger partial charge in [-0.15, -0.1) is 0 Å². The number of nitrogens with one attached hydrogen (secondary N) is 2. The zero-order valence-corrected chi connectivity index (χ0v) is 14.4. The van der Waals surface area contributed by atoms with Crippen molar-refractivity contribution in [3.8, 4) is 5.88 Å². The molecule has 0 aliphatic carbocycles. The highest BCUT2D eigenvalue weighted by atomic mass is 16.5. The number of hydrogen-bond donors (Lipinski definition) is 3. The largest absolute Gasteiger partial charge is 0.477 e. The van der Waals surface area contributed by atoms with Gasteiger partial charge in [-0.05, 0) is 12.5 Å². The smallest absolute Gasteiger partial charge is 0.254 e. The number of carbonyl (C=O) groups excluding carboxylic acids is 1. The first-order valence-electron chi connectivity index (χ1n) is 8.56. The minimum atomic E-state index is -0.457. The molecule has 1 aliphatic rings. The molecule has 0 spiro atoms. The van der Waals surface area contributed by atoms with Gasteiger partial charge in [-0.25, -0.2) is 9.67 Å². The number of nitrogens with zero attached hydrogens (tertiary/aromatic N) is 3. The summed E-state index contributed by atoms with van der Waals surface area (Å²) in [6.07, 6.45) is 4.22. The van der Waals surface area contributed by atoms with Gasteiger partial charge in [0.05, 0.1) is 12.8 Å². The molecule has 3 heterocycles. The summed E-state index contributed by atoms with van der Waals surface area (Å²) in [5.74, 6) is 1.32. The topological polar surface area (TPSA) is 107 Å². The Morgan fingerprint density at radius 2 is 2.44 bits per heavy atom. The molecule has 4 N–H and O–H groups in total. The van der Waals surface area contributed by atoms with E-state index in [1.807, 2.05) is 12.1 Å². The van der Waals surface area contributed by atoms with Crippen LogP contribution < -0.4 is 21.1 Å². The Kier molecular flexibility index (Phi) is 5.49. The number of aromatic nitrogens is 3. The quantitative estimate of drug-likeness (QED) is 0.659. The minimum absolute atomic E-state index is 0.366. The van der Waals surface area contributed by atoms with E-state index in [4.69, 9.17) is 10.5 Å². The number of nitrogens with two attached hydrogens (primary N) is 1. The maximum absolute atomic E-state index is 11.4. The predicted molar refractivity (Wildman–Crippen MR) is 94.5 cm³/mol. The molecule has 1 unspecified atom stereocenters. The maximum Gasteiger partial charge on any atom is 0.254 e. The van der Waals surface area contributed by atoms with Crippen molar-refractivity contribution in [3.63, 3.8) is 0 Å². The molecule has 0 saturated heterocycles. The van der Waals surface area contributed by atoms with Crippen LogP contribution in [0.3, 0.4) is 0 Å². The van der Waals surface area contributed by atoms with Crippen molar-refractivity contribution in [3.05, 3.63) is 35.7 Å². The summed E-state index contributed by atoms with van der Waals surface area (Å²) in [5, 5.41) is 10.9. The molecule has 25 heavy (non-hydrogen) atoms. The van der Waals surface area contributed by atoms with Crippen LogP contribution in [0.2, 0.25) is 0 Å². The van der Waals surface area contributed by atoms with Crippen LogP contribution in [0.1, 0.15) is 29.3 Å². The number of amides is 1. The summed E-state index contributed by atoms with van der Waals surface area (Å²) >= 11 is 0. The van der Waals surface area contributed by atoms with Crippen LogP contribution in [0, 0.1) is 5.92 Å². The molecule has 1 amide bonds. The second-order valence-corrected chi connectivity index (χ2v) is 6.15. The van der Waals surface area contributed by atoms with E-state index in [0.717, 1.165) is 31.6 Å². The molecular weight excluding hydrogens is 320 g/mol. The first-order valence-corrected chi connectivity index (χ1v) is 8.56. The fraction of sp³-hybridized carbons (Fsp3) is 0.471. The summed E-state index contributed by atoms with van der Waals surface area (Å²) < 4.78 is 7.48. The lowest BCUT2D eigenvalue weighted by atomic mass is 10.1. The first kappa shape index (κ1) is 17.2. The molecule has 1 atom stereocenters. The number of rotatable bonds is 8. The normalized spacial score (nSPS) is 16.1. The number of fused-ring (bicyclic) bond motifs is 1. The van der Waals surface area contributed by atoms with Crippen LogP contribution in [0.4, 0.5) is 5.82 Å². The third-order valence-corrected chi connectivity index (χ3v) is 4.14. The summed E-state index contributed by atoms with van der Waals surface area (Å²) in [4.78, 5) is 15.6. The van der Waals surface area contributed by atoms with Crippen molar-refractivity contribution in [1.82, 2.24) is 20.1 Å². The monoisotopic (exact) mass is 344 g/mol. The van der Waals surface area contributed by atoms with Crippen molar-refractivity contribution in [2.75, 3.05) is 25.0 Å². The van der Waals surface area contributed by atoms with Gasteiger partial charge in [0, 0.05) is 43.9 Å². The molecule has 8 nitrogen and oxygen atoms in total. The van der Waals surface area contributed by atoms with Gasteiger partial charge in [-0.1, -0.05) is 13.0 Å². The van der Waals surface area contributed by atoms with Gasteiger partial charge in [-0.3, -0.25) is 4.79 Å². The highest BCUT2D eigenvalue weighted by Crippen LogP contribution is 2.21. The number of ether oxygens (including phenoxy) is 1. The van der Waals surface area contributed by atoms with Gasteiger partial charge < -0.3 is 21.1 Å². The van der Waals surface area contributed by atoms with Crippen LogP contribution >= 0.6 is 0 Å². The number of anilines is 1. The van der Waals surface area contributed by atoms with Crippen LogP contribution in [0.25, 0.3) is 0 Å². The third kappa shape index (κ3) is 4.08. The number of hydrogen-bond acceptors (Lipinski definition) is 6. The van der Waals surface area contributed by atoms with Crippen LogP contribution in [0.5, 0.6) is 5.88 Å². The van der Waals surface area contributed by atoms with Gasteiger partial charge in [0.25, 0.3) is 5.91 Å². The Morgan fingerprint density at radius 1 is 1.56 bits per heavy atom. The molecule has 3 rings (SSSR count). The van der Waals surface area contributed by atoms with Gasteiger partial charge in [-0.2, -0.15) is 5.10 Å². The Labute approximate surface area is 146 Å². The Morgan fingerprint density at radius 3 is 3.24 bits per heavy atom. The zero-order valence-electron chi connectivity index (χ0n) is 14.4. The predicted octanol–water partition coefficient (Wildman–Crippen LogP) is 0.997. The number of carbonyl (C=O) groups is 1. The maximum atomic E-state index is 11.4. The number of primary amides is 1. The average molecular weight is 344 g/mol. The molecule has 0 aromatic carbocycles. The van der Waals surface area contributed by atoms with Gasteiger partial charge >= 0.3 is 0 Å². The third-order valence-electron chi connectivity index (χ3n) is 4.14. The van der Waals surface area contributed by atoms with Gasteiger partial charge in [0.1, 0.15) is 11.4 Å². The summed E-state index contributed by atoms with van der Waals surface area (Å²) in [6, 6.07) is 3.94. The standard InChI is InChI=1S/C17H24N6O2/c1-2-6-25-17-13(4-3-5-20-17)9-19-7-12-8-21-16-14(15(18)24)10-22-23(16)11-12/h3-5,10,12,19,21H,2,6-9,11H2,1H3,(H2,18,24). The van der Waals surface area contributed by atoms with E-state index < -0.39 is 5.91 Å². The minimum Gasteiger partial charge on any atom is -0.477 e. The second kappa shape index (κ2) is 7.98. The highest BCUT2D eigenvalue weighted by Gasteiger charge is 2.23. The molecule has 2 aromatic heterocycles. The van der Waals surface area contributed by atoms with Crippen molar-refractivity contribution in [2.45, 2.75) is 26.4 Å². The van der Waals surface area contributed by atoms with Crippen molar-refractivity contribution in [1.29, 1.82) is 0 Å². The Bertz CT molecular complexity index is 730. The van der Waals surface area contributed by atoms with E-state index in [0.29, 0.717) is 36.3 Å². The van der Waals surface area contributed by atoms with Crippen LogP contribution in [0.15, 0.2) is 24.5 Å². The molecule has 0 fully saturated rings. The fourth-order valence-corrected chi connectivity index (χ4v) is 2.88. The van der Waals surface area contributed by atoms with E-state index in [-0.39, 0.29) is 0 Å². The molecule has 0 bridgehead atoms. The summed E-state index contributed by atoms with van der Waals surface area (Å²) in [5.41, 5.74) is 6.84. The second-order valence-electron chi connectivity index (χ2n) is 6.15. The van der Waals surface area contributed by atoms with E-state index >= 15 is 0 Å². The van der Waals surface area contributed by atoms with E-state index in [1.54, 1.807) is 10.9 Å². The summed E-state index contributed by atoms with van der Waals surface area (Å²) in [7, 11) is 0. The highest BCUT2D eigenvalue weighted by molar-refractivity contribution is 5.97. The number of pyridine rings is 1. The van der Waals surface area contributed by atoms with Crippen LogP contribution in [-0.2, 0) is 13.1 Å². The zero-order chi connectivity index (χ0) is 17.6. The molecule has 8 heteroatoms. The lowest BCUT2D eigenvalue weighted by Crippen LogP contribution is -2.35. The molecule has 1 aliphatic heterocycles. The molecule has 134 valence electrons. The van der Waals surface area contributed by atoms with E-state index in [2.05, 4.69) is 27.6 Å². The molecule has 0 saturated carbocycles. The molecular formula is C17H24N6O2. The van der Waals surface area contributed by atoms with Gasteiger partial charge in [0.2, 0.25) is 5.88 Å². The lowest BCUT2D eigenvalue weighted by molar-refractivity contribution is 0.100. The Balaban J connectivity index is 1.53. The summed E-state index contributed by atoms with van der Waals surface area (Å²) in [6.45, 7) is 5.77. The van der Waals surface area contributed by atoms with Gasteiger partial charge in [0.15, 0.2) is 0 Å². The average Bonchev–Trinajstić information content (AvgIpc) is 3.04. The SMILES string of the molecule is CCCOc1ncccc1CNCC1CNc2c(C(N)=O)cnn2C1.